The van der Waals surface area contributed by atoms with Crippen LogP contribution in [-0.2, 0) is 0 Å². The molecule has 24 heavy (non-hydrogen) atoms. The molecule has 2 N–H and O–H groups in total. The summed E-state index contributed by atoms with van der Waals surface area (Å²) in [6.45, 7) is 4.60. The number of hydrogen-bond acceptors (Lipinski definition) is 6. The predicted molar refractivity (Wildman–Crippen MR) is 93.7 cm³/mol. The Morgan fingerprint density at radius 3 is 1.58 bits per heavy atom. The van der Waals surface area contributed by atoms with Gasteiger partial charge in [-0.25, -0.2) is 0 Å². The maximum Gasteiger partial charge on any atom is 0.166 e. The highest BCUT2D eigenvalue weighted by molar-refractivity contribution is 5.87. The van der Waals surface area contributed by atoms with Gasteiger partial charge in [0.1, 0.15) is 0 Å². The normalized spacial score (nSPS) is 11.2. The van der Waals surface area contributed by atoms with Crippen LogP contribution >= 0.6 is 0 Å². The number of phenols is 2. The molecule has 2 rings (SSSR count). The molecule has 6 nitrogen and oxygen atoms in total. The Kier molecular flexibility index (Phi) is 6.19. The molecule has 0 aromatic heterocycles. The van der Waals surface area contributed by atoms with E-state index in [2.05, 4.69) is 10.2 Å². The Balaban J connectivity index is 2.13. The first kappa shape index (κ1) is 17.3. The molecular weight excluding hydrogens is 308 g/mol. The minimum atomic E-state index is 0.0134. The lowest BCUT2D eigenvalue weighted by Crippen LogP contribution is -1.94. The summed E-state index contributed by atoms with van der Waals surface area (Å²) in [5, 5.41) is 27.9. The standard InChI is InChI=1S/C18H20N2O4/c1-3-23-15-9-5-7-13(17(15)21)11-19-20-12-14-8-6-10-16(18(14)22)24-4-2/h5-12,21-22H,3-4H2,1-2H3/b19-11+,20-12+. The van der Waals surface area contributed by atoms with Gasteiger partial charge in [0.05, 0.1) is 25.6 Å². The maximum atomic E-state index is 10.1. The molecule has 2 aromatic rings. The fourth-order valence-corrected chi connectivity index (χ4v) is 2.02. The summed E-state index contributed by atoms with van der Waals surface area (Å²) in [4.78, 5) is 0. The van der Waals surface area contributed by atoms with Gasteiger partial charge >= 0.3 is 0 Å². The second-order valence-corrected chi connectivity index (χ2v) is 4.74. The van der Waals surface area contributed by atoms with E-state index in [4.69, 9.17) is 9.47 Å². The van der Waals surface area contributed by atoms with Crippen LogP contribution in [0.1, 0.15) is 25.0 Å². The molecular formula is C18H20N2O4. The third-order valence-electron chi connectivity index (χ3n) is 3.12. The van der Waals surface area contributed by atoms with E-state index in [0.717, 1.165) is 0 Å². The van der Waals surface area contributed by atoms with Crippen molar-refractivity contribution in [3.63, 3.8) is 0 Å². The summed E-state index contributed by atoms with van der Waals surface area (Å²) >= 11 is 0. The number of hydrogen-bond donors (Lipinski definition) is 2. The fraction of sp³-hybridized carbons (Fsp3) is 0.222. The number of phenolic OH excluding ortho intramolecular Hbond substituents is 2. The van der Waals surface area contributed by atoms with Crippen LogP contribution in [0.4, 0.5) is 0 Å². The van der Waals surface area contributed by atoms with Gasteiger partial charge in [0.25, 0.3) is 0 Å². The molecule has 0 aliphatic rings. The molecule has 6 heteroatoms. The lowest BCUT2D eigenvalue weighted by Gasteiger charge is -2.07. The van der Waals surface area contributed by atoms with Gasteiger partial charge in [-0.3, -0.25) is 0 Å². The highest BCUT2D eigenvalue weighted by Crippen LogP contribution is 2.29. The summed E-state index contributed by atoms with van der Waals surface area (Å²) in [7, 11) is 0. The number of nitrogens with zero attached hydrogens (tertiary/aromatic N) is 2. The first-order valence-electron chi connectivity index (χ1n) is 7.63. The van der Waals surface area contributed by atoms with E-state index in [1.165, 1.54) is 12.4 Å². The topological polar surface area (TPSA) is 83.6 Å². The monoisotopic (exact) mass is 328 g/mol. The second-order valence-electron chi connectivity index (χ2n) is 4.74. The minimum Gasteiger partial charge on any atom is -0.504 e. The largest absolute Gasteiger partial charge is 0.504 e. The van der Waals surface area contributed by atoms with Crippen molar-refractivity contribution in [3.8, 4) is 23.0 Å². The molecule has 0 amide bonds. The Morgan fingerprint density at radius 1 is 0.792 bits per heavy atom. The van der Waals surface area contributed by atoms with Gasteiger partial charge in [0.2, 0.25) is 0 Å². The van der Waals surface area contributed by atoms with Crippen LogP contribution in [0.2, 0.25) is 0 Å². The number of benzene rings is 2. The van der Waals surface area contributed by atoms with Crippen LogP contribution in [-0.4, -0.2) is 35.9 Å². The van der Waals surface area contributed by atoms with Crippen molar-refractivity contribution in [2.24, 2.45) is 10.2 Å². The van der Waals surface area contributed by atoms with E-state index < -0.39 is 0 Å². The van der Waals surface area contributed by atoms with E-state index in [0.29, 0.717) is 35.8 Å². The molecule has 2 aromatic carbocycles. The van der Waals surface area contributed by atoms with Gasteiger partial charge in [0.15, 0.2) is 23.0 Å². The molecule has 126 valence electrons. The minimum absolute atomic E-state index is 0.0134. The molecule has 0 aliphatic heterocycles. The first-order valence-corrected chi connectivity index (χ1v) is 7.63. The molecule has 0 saturated heterocycles. The summed E-state index contributed by atoms with van der Waals surface area (Å²) in [5.74, 6) is 0.818. The number of ether oxygens (including phenoxy) is 2. The Labute approximate surface area is 140 Å². The molecule has 0 spiro atoms. The molecule has 0 bridgehead atoms. The number of aromatic hydroxyl groups is 2. The first-order chi connectivity index (χ1) is 11.7. The smallest absolute Gasteiger partial charge is 0.166 e. The van der Waals surface area contributed by atoms with Crippen LogP contribution < -0.4 is 9.47 Å². The van der Waals surface area contributed by atoms with Crippen LogP contribution in [0.3, 0.4) is 0 Å². The lowest BCUT2D eigenvalue weighted by atomic mass is 10.2. The lowest BCUT2D eigenvalue weighted by molar-refractivity contribution is 0.318. The maximum absolute atomic E-state index is 10.1. The molecule has 0 fully saturated rings. The molecule has 0 unspecified atom stereocenters. The SMILES string of the molecule is CCOc1cccc(/C=N/N=C/c2cccc(OCC)c2O)c1O. The van der Waals surface area contributed by atoms with Crippen molar-refractivity contribution < 1.29 is 19.7 Å². The van der Waals surface area contributed by atoms with E-state index in [9.17, 15) is 10.2 Å². The van der Waals surface area contributed by atoms with Crippen molar-refractivity contribution in [2.45, 2.75) is 13.8 Å². The molecule has 0 saturated carbocycles. The van der Waals surface area contributed by atoms with Gasteiger partial charge in [0, 0.05) is 11.1 Å². The van der Waals surface area contributed by atoms with Crippen LogP contribution in [0, 0.1) is 0 Å². The van der Waals surface area contributed by atoms with Gasteiger partial charge in [-0.1, -0.05) is 12.1 Å². The highest BCUT2D eigenvalue weighted by atomic mass is 16.5. The molecule has 0 aliphatic carbocycles. The average Bonchev–Trinajstić information content (AvgIpc) is 2.58. The zero-order valence-electron chi connectivity index (χ0n) is 13.6. The summed E-state index contributed by atoms with van der Waals surface area (Å²) < 4.78 is 10.6. The van der Waals surface area contributed by atoms with Crippen LogP contribution in [0.5, 0.6) is 23.0 Å². The van der Waals surface area contributed by atoms with E-state index in [-0.39, 0.29) is 11.5 Å². The number of rotatable bonds is 7. The van der Waals surface area contributed by atoms with Gasteiger partial charge in [-0.2, -0.15) is 10.2 Å². The van der Waals surface area contributed by atoms with Crippen LogP contribution in [0.15, 0.2) is 46.6 Å². The van der Waals surface area contributed by atoms with Gasteiger partial charge in [-0.15, -0.1) is 0 Å². The van der Waals surface area contributed by atoms with Gasteiger partial charge in [-0.05, 0) is 38.1 Å². The second kappa shape index (κ2) is 8.57. The zero-order valence-corrected chi connectivity index (χ0v) is 13.6. The van der Waals surface area contributed by atoms with Crippen molar-refractivity contribution in [3.05, 3.63) is 47.5 Å². The predicted octanol–water partition coefficient (Wildman–Crippen LogP) is 3.35. The Morgan fingerprint density at radius 2 is 1.21 bits per heavy atom. The van der Waals surface area contributed by atoms with Crippen molar-refractivity contribution in [1.82, 2.24) is 0 Å². The van der Waals surface area contributed by atoms with Crippen molar-refractivity contribution in [2.75, 3.05) is 13.2 Å². The summed E-state index contributed by atoms with van der Waals surface area (Å²) in [6.07, 6.45) is 2.83. The third-order valence-corrected chi connectivity index (χ3v) is 3.12. The van der Waals surface area contributed by atoms with Crippen LogP contribution in [0.25, 0.3) is 0 Å². The average molecular weight is 328 g/mol. The molecule has 0 atom stereocenters. The molecule has 0 heterocycles. The fourth-order valence-electron chi connectivity index (χ4n) is 2.02. The third kappa shape index (κ3) is 4.25. The van der Waals surface area contributed by atoms with Crippen molar-refractivity contribution >= 4 is 12.4 Å². The number of para-hydroxylation sites is 2. The highest BCUT2D eigenvalue weighted by Gasteiger charge is 2.06. The summed E-state index contributed by atoms with van der Waals surface area (Å²) in [5.41, 5.74) is 0.982. The van der Waals surface area contributed by atoms with E-state index >= 15 is 0 Å². The van der Waals surface area contributed by atoms with Crippen molar-refractivity contribution in [1.29, 1.82) is 0 Å². The molecule has 0 radical (unpaired) electrons. The zero-order chi connectivity index (χ0) is 17.4. The summed E-state index contributed by atoms with van der Waals surface area (Å²) in [6, 6.07) is 10.3. The van der Waals surface area contributed by atoms with E-state index in [1.54, 1.807) is 36.4 Å². The Hall–Kier alpha value is -3.02. The van der Waals surface area contributed by atoms with Gasteiger partial charge < -0.3 is 19.7 Å². The quantitative estimate of drug-likeness (QED) is 0.603. The Bertz CT molecular complexity index is 678. The van der Waals surface area contributed by atoms with E-state index in [1.807, 2.05) is 13.8 Å².